The number of hydrogen-bond acceptors (Lipinski definition) is 3. The van der Waals surface area contributed by atoms with E-state index < -0.39 is 6.10 Å². The van der Waals surface area contributed by atoms with Gasteiger partial charge in [0.05, 0.1) is 12.4 Å². The molecule has 2 heterocycles. The van der Waals surface area contributed by atoms with E-state index in [1.165, 1.54) is 0 Å². The molecule has 2 unspecified atom stereocenters. The second-order valence-electron chi connectivity index (χ2n) is 3.95. The van der Waals surface area contributed by atoms with Crippen LogP contribution in [0.4, 0.5) is 0 Å². The molecule has 0 aromatic carbocycles. The molecule has 1 N–H and O–H groups in total. The summed E-state index contributed by atoms with van der Waals surface area (Å²) in [5, 5.41) is 10.2. The minimum absolute atomic E-state index is 0.0271. The normalized spacial score (nSPS) is 14.7. The number of nitrogens with zero attached hydrogens (tertiary/aromatic N) is 1. The molecule has 0 radical (unpaired) electrons. The van der Waals surface area contributed by atoms with Crippen molar-refractivity contribution in [3.63, 3.8) is 0 Å². The molecule has 0 fully saturated rings. The van der Waals surface area contributed by atoms with Crippen LogP contribution < -0.4 is 0 Å². The summed E-state index contributed by atoms with van der Waals surface area (Å²) in [6.45, 7) is 3.85. The van der Waals surface area contributed by atoms with Crippen molar-refractivity contribution < 1.29 is 9.52 Å². The van der Waals surface area contributed by atoms with E-state index in [4.69, 9.17) is 4.42 Å². The van der Waals surface area contributed by atoms with Crippen molar-refractivity contribution in [2.75, 3.05) is 0 Å². The van der Waals surface area contributed by atoms with Gasteiger partial charge < -0.3 is 9.52 Å². The Bertz CT molecular complexity index is 450. The summed E-state index contributed by atoms with van der Waals surface area (Å²) in [7, 11) is 0. The van der Waals surface area contributed by atoms with E-state index in [-0.39, 0.29) is 5.92 Å². The Morgan fingerprint density at radius 2 is 1.94 bits per heavy atom. The zero-order valence-corrected chi connectivity index (χ0v) is 9.42. The van der Waals surface area contributed by atoms with Gasteiger partial charge in [-0.05, 0) is 30.7 Å². The van der Waals surface area contributed by atoms with Gasteiger partial charge in [0.2, 0.25) is 0 Å². The van der Waals surface area contributed by atoms with Crippen LogP contribution in [0.1, 0.15) is 35.8 Å². The molecule has 2 aromatic heterocycles. The number of pyridine rings is 1. The summed E-state index contributed by atoms with van der Waals surface area (Å²) in [4.78, 5) is 3.97. The fraction of sp³-hybridized carbons (Fsp3) is 0.308. The molecular weight excluding hydrogens is 202 g/mol. The summed E-state index contributed by atoms with van der Waals surface area (Å²) >= 11 is 0. The topological polar surface area (TPSA) is 46.3 Å². The Morgan fingerprint density at radius 1 is 1.25 bits per heavy atom. The van der Waals surface area contributed by atoms with Crippen molar-refractivity contribution in [1.82, 2.24) is 4.98 Å². The Balaban J connectivity index is 2.23. The molecule has 0 aliphatic heterocycles. The van der Waals surface area contributed by atoms with Crippen molar-refractivity contribution in [1.29, 1.82) is 0 Å². The average Bonchev–Trinajstić information content (AvgIpc) is 2.75. The lowest BCUT2D eigenvalue weighted by Crippen LogP contribution is -2.07. The van der Waals surface area contributed by atoms with Crippen LogP contribution in [0.2, 0.25) is 0 Å². The Morgan fingerprint density at radius 3 is 2.50 bits per heavy atom. The molecule has 16 heavy (non-hydrogen) atoms. The Hall–Kier alpha value is -1.61. The Kier molecular flexibility index (Phi) is 3.06. The van der Waals surface area contributed by atoms with E-state index in [9.17, 15) is 5.11 Å². The maximum absolute atomic E-state index is 10.2. The largest absolute Gasteiger partial charge is 0.469 e. The van der Waals surface area contributed by atoms with Crippen molar-refractivity contribution in [2.45, 2.75) is 25.9 Å². The molecule has 0 aliphatic rings. The van der Waals surface area contributed by atoms with E-state index >= 15 is 0 Å². The van der Waals surface area contributed by atoms with Gasteiger partial charge in [0.25, 0.3) is 0 Å². The second kappa shape index (κ2) is 4.49. The van der Waals surface area contributed by atoms with Gasteiger partial charge >= 0.3 is 0 Å². The van der Waals surface area contributed by atoms with Gasteiger partial charge in [-0.25, -0.2) is 0 Å². The average molecular weight is 217 g/mol. The molecule has 0 saturated carbocycles. The van der Waals surface area contributed by atoms with E-state index in [2.05, 4.69) is 4.98 Å². The molecular formula is C13H15NO2. The van der Waals surface area contributed by atoms with Crippen LogP contribution in [-0.2, 0) is 0 Å². The van der Waals surface area contributed by atoms with Crippen LogP contribution in [0.25, 0.3) is 0 Å². The first kappa shape index (κ1) is 10.9. The second-order valence-corrected chi connectivity index (χ2v) is 3.95. The first-order valence-electron chi connectivity index (χ1n) is 5.32. The maximum Gasteiger partial charge on any atom is 0.106 e. The molecule has 3 nitrogen and oxygen atoms in total. The molecule has 0 saturated heterocycles. The van der Waals surface area contributed by atoms with Crippen LogP contribution in [0.15, 0.2) is 41.3 Å². The predicted molar refractivity (Wildman–Crippen MR) is 61.1 cm³/mol. The first-order valence-corrected chi connectivity index (χ1v) is 5.32. The fourth-order valence-corrected chi connectivity index (χ4v) is 1.82. The van der Waals surface area contributed by atoms with Gasteiger partial charge in [0.15, 0.2) is 0 Å². The summed E-state index contributed by atoms with van der Waals surface area (Å²) in [6, 6.07) is 5.66. The molecule has 0 spiro atoms. The van der Waals surface area contributed by atoms with Crippen molar-refractivity contribution in [3.05, 3.63) is 53.7 Å². The monoisotopic (exact) mass is 217 g/mol. The number of rotatable bonds is 3. The molecule has 0 bridgehead atoms. The third kappa shape index (κ3) is 1.99. The molecule has 2 rings (SSSR count). The quantitative estimate of drug-likeness (QED) is 0.859. The van der Waals surface area contributed by atoms with E-state index in [1.54, 1.807) is 18.7 Å². The van der Waals surface area contributed by atoms with Gasteiger partial charge in [-0.2, -0.15) is 0 Å². The summed E-state index contributed by atoms with van der Waals surface area (Å²) < 4.78 is 5.20. The maximum atomic E-state index is 10.2. The van der Waals surface area contributed by atoms with Crippen molar-refractivity contribution >= 4 is 0 Å². The number of aliphatic hydroxyl groups is 1. The summed E-state index contributed by atoms with van der Waals surface area (Å²) in [6.07, 6.45) is 4.54. The third-order valence-corrected chi connectivity index (χ3v) is 2.92. The lowest BCUT2D eigenvalue weighted by atomic mass is 9.92. The minimum atomic E-state index is -0.541. The highest BCUT2D eigenvalue weighted by Gasteiger charge is 2.20. The fourth-order valence-electron chi connectivity index (χ4n) is 1.82. The molecule has 0 amide bonds. The van der Waals surface area contributed by atoms with Crippen LogP contribution in [0.3, 0.4) is 0 Å². The molecule has 2 atom stereocenters. The highest BCUT2D eigenvalue weighted by Crippen LogP contribution is 2.32. The molecule has 0 aliphatic carbocycles. The van der Waals surface area contributed by atoms with Crippen LogP contribution in [0.5, 0.6) is 0 Å². The summed E-state index contributed by atoms with van der Waals surface area (Å²) in [5.74, 6) is 0.799. The Labute approximate surface area is 94.8 Å². The lowest BCUT2D eigenvalue weighted by molar-refractivity contribution is 0.150. The molecule has 3 heteroatoms. The third-order valence-electron chi connectivity index (χ3n) is 2.92. The van der Waals surface area contributed by atoms with Gasteiger partial charge in [0, 0.05) is 23.9 Å². The smallest absolute Gasteiger partial charge is 0.106 e. The predicted octanol–water partition coefficient (Wildman–Crippen LogP) is 2.82. The number of aromatic nitrogens is 1. The molecule has 2 aromatic rings. The van der Waals surface area contributed by atoms with Crippen LogP contribution in [0, 0.1) is 6.92 Å². The van der Waals surface area contributed by atoms with Gasteiger partial charge in [-0.15, -0.1) is 0 Å². The summed E-state index contributed by atoms with van der Waals surface area (Å²) in [5.41, 5.74) is 1.92. The van der Waals surface area contributed by atoms with Crippen LogP contribution in [-0.4, -0.2) is 10.1 Å². The SMILES string of the molecule is Cc1occc1C(O)C(C)c1ccncc1. The van der Waals surface area contributed by atoms with Gasteiger partial charge in [0.1, 0.15) is 5.76 Å². The number of aliphatic hydroxyl groups excluding tert-OH is 1. The molecule has 84 valence electrons. The number of aryl methyl sites for hydroxylation is 1. The van der Waals surface area contributed by atoms with Crippen LogP contribution >= 0.6 is 0 Å². The first-order chi connectivity index (χ1) is 7.70. The highest BCUT2D eigenvalue weighted by molar-refractivity contribution is 5.25. The minimum Gasteiger partial charge on any atom is -0.469 e. The van der Waals surface area contributed by atoms with Crippen molar-refractivity contribution in [3.8, 4) is 0 Å². The standard InChI is InChI=1S/C13H15NO2/c1-9(11-3-6-14-7-4-11)13(15)12-5-8-16-10(12)2/h3-9,13,15H,1-2H3. The number of furan rings is 1. The lowest BCUT2D eigenvalue weighted by Gasteiger charge is -2.18. The van der Waals surface area contributed by atoms with Crippen molar-refractivity contribution in [2.24, 2.45) is 0 Å². The zero-order chi connectivity index (χ0) is 11.5. The van der Waals surface area contributed by atoms with E-state index in [0.29, 0.717) is 0 Å². The van der Waals surface area contributed by atoms with Gasteiger partial charge in [-0.1, -0.05) is 6.92 Å². The number of hydrogen-bond donors (Lipinski definition) is 1. The highest BCUT2D eigenvalue weighted by atomic mass is 16.3. The van der Waals surface area contributed by atoms with E-state index in [1.807, 2.05) is 32.0 Å². The zero-order valence-electron chi connectivity index (χ0n) is 9.42. The van der Waals surface area contributed by atoms with Gasteiger partial charge in [-0.3, -0.25) is 4.98 Å². The van der Waals surface area contributed by atoms with E-state index in [0.717, 1.165) is 16.9 Å².